The zero-order chi connectivity index (χ0) is 12.9. The summed E-state index contributed by atoms with van der Waals surface area (Å²) in [4.78, 5) is 0. The SMILES string of the molecule is CCCC(CCC(C)CC)/C(=N\O)C1(C)CC1. The second kappa shape index (κ2) is 6.42. The van der Waals surface area contributed by atoms with E-state index >= 15 is 0 Å². The van der Waals surface area contributed by atoms with Gasteiger partial charge in [0.1, 0.15) is 0 Å². The molecule has 1 saturated carbocycles. The van der Waals surface area contributed by atoms with E-state index in [0.717, 1.165) is 11.6 Å². The number of rotatable bonds is 8. The zero-order valence-corrected chi connectivity index (χ0v) is 12.0. The van der Waals surface area contributed by atoms with E-state index in [0.29, 0.717) is 5.92 Å². The fourth-order valence-corrected chi connectivity index (χ4v) is 2.59. The van der Waals surface area contributed by atoms with E-state index in [1.807, 2.05) is 0 Å². The highest BCUT2D eigenvalue weighted by molar-refractivity contribution is 5.93. The van der Waals surface area contributed by atoms with Crippen molar-refractivity contribution in [2.24, 2.45) is 22.4 Å². The summed E-state index contributed by atoms with van der Waals surface area (Å²) in [6.07, 6.45) is 8.47. The van der Waals surface area contributed by atoms with E-state index < -0.39 is 0 Å². The lowest BCUT2D eigenvalue weighted by atomic mass is 9.83. The van der Waals surface area contributed by atoms with Crippen molar-refractivity contribution in [1.29, 1.82) is 0 Å². The molecule has 0 aliphatic heterocycles. The molecule has 0 amide bonds. The maximum absolute atomic E-state index is 9.31. The molecular formula is C15H29NO. The molecule has 2 heteroatoms. The van der Waals surface area contributed by atoms with Crippen molar-refractivity contribution < 1.29 is 5.21 Å². The summed E-state index contributed by atoms with van der Waals surface area (Å²) in [6.45, 7) is 9.04. The highest BCUT2D eigenvalue weighted by atomic mass is 16.4. The Morgan fingerprint density at radius 2 is 1.88 bits per heavy atom. The van der Waals surface area contributed by atoms with Crippen molar-refractivity contribution in [2.45, 2.75) is 72.6 Å². The Morgan fingerprint density at radius 1 is 1.24 bits per heavy atom. The van der Waals surface area contributed by atoms with Gasteiger partial charge in [0, 0.05) is 11.3 Å². The summed E-state index contributed by atoms with van der Waals surface area (Å²) in [5.74, 6) is 1.30. The fourth-order valence-electron chi connectivity index (χ4n) is 2.59. The summed E-state index contributed by atoms with van der Waals surface area (Å²) in [5.41, 5.74) is 1.31. The molecule has 2 nitrogen and oxygen atoms in total. The van der Waals surface area contributed by atoms with Crippen LogP contribution in [0.5, 0.6) is 0 Å². The molecule has 2 unspecified atom stereocenters. The van der Waals surface area contributed by atoms with Crippen LogP contribution in [0.15, 0.2) is 5.16 Å². The highest BCUT2D eigenvalue weighted by Crippen LogP contribution is 2.49. The van der Waals surface area contributed by atoms with Gasteiger partial charge < -0.3 is 5.21 Å². The van der Waals surface area contributed by atoms with E-state index in [4.69, 9.17) is 0 Å². The van der Waals surface area contributed by atoms with Crippen LogP contribution < -0.4 is 0 Å². The average molecular weight is 239 g/mol. The molecule has 0 aromatic heterocycles. The lowest BCUT2D eigenvalue weighted by Gasteiger charge is -2.23. The van der Waals surface area contributed by atoms with E-state index in [1.54, 1.807) is 0 Å². The summed E-state index contributed by atoms with van der Waals surface area (Å²) in [7, 11) is 0. The minimum Gasteiger partial charge on any atom is -0.411 e. The lowest BCUT2D eigenvalue weighted by Crippen LogP contribution is -2.24. The van der Waals surface area contributed by atoms with Gasteiger partial charge in [0.25, 0.3) is 0 Å². The van der Waals surface area contributed by atoms with Crippen LogP contribution in [0.25, 0.3) is 0 Å². The van der Waals surface area contributed by atoms with Crippen LogP contribution in [0.2, 0.25) is 0 Å². The van der Waals surface area contributed by atoms with Crippen molar-refractivity contribution in [2.75, 3.05) is 0 Å². The van der Waals surface area contributed by atoms with Gasteiger partial charge in [-0.2, -0.15) is 0 Å². The average Bonchev–Trinajstić information content (AvgIpc) is 3.05. The van der Waals surface area contributed by atoms with Gasteiger partial charge in [-0.1, -0.05) is 52.1 Å². The largest absolute Gasteiger partial charge is 0.411 e. The third-order valence-electron chi connectivity index (χ3n) is 4.45. The smallest absolute Gasteiger partial charge is 0.0660 e. The van der Waals surface area contributed by atoms with Crippen LogP contribution in [0, 0.1) is 17.3 Å². The number of hydrogen-bond donors (Lipinski definition) is 1. The van der Waals surface area contributed by atoms with Crippen LogP contribution in [0.3, 0.4) is 0 Å². The van der Waals surface area contributed by atoms with E-state index in [-0.39, 0.29) is 5.41 Å². The summed E-state index contributed by atoms with van der Waals surface area (Å²) in [6, 6.07) is 0. The molecule has 1 aliphatic rings. The van der Waals surface area contributed by atoms with Gasteiger partial charge in [-0.15, -0.1) is 0 Å². The van der Waals surface area contributed by atoms with Gasteiger partial charge >= 0.3 is 0 Å². The molecule has 100 valence electrons. The molecule has 0 aromatic carbocycles. The van der Waals surface area contributed by atoms with E-state index in [1.165, 1.54) is 44.9 Å². The first-order valence-corrected chi connectivity index (χ1v) is 7.29. The molecule has 0 spiro atoms. The third-order valence-corrected chi connectivity index (χ3v) is 4.45. The Balaban J connectivity index is 2.57. The van der Waals surface area contributed by atoms with E-state index in [9.17, 15) is 5.21 Å². The number of oxime groups is 1. The standard InChI is InChI=1S/C15H29NO/c1-5-7-13(9-8-12(3)6-2)14(16-17)15(4)10-11-15/h12-13,17H,5-11H2,1-4H3/b16-14+. The van der Waals surface area contributed by atoms with Crippen molar-refractivity contribution in [3.05, 3.63) is 0 Å². The molecule has 0 heterocycles. The van der Waals surface area contributed by atoms with Crippen LogP contribution in [0.4, 0.5) is 0 Å². The van der Waals surface area contributed by atoms with Crippen LogP contribution in [0.1, 0.15) is 72.6 Å². The first-order valence-electron chi connectivity index (χ1n) is 7.29. The Bertz CT molecular complexity index is 256. The van der Waals surface area contributed by atoms with Crippen molar-refractivity contribution in [3.8, 4) is 0 Å². The maximum atomic E-state index is 9.31. The molecule has 0 bridgehead atoms. The molecule has 0 saturated heterocycles. The molecule has 1 N–H and O–H groups in total. The number of nitrogens with zero attached hydrogens (tertiary/aromatic N) is 1. The lowest BCUT2D eigenvalue weighted by molar-refractivity contribution is 0.305. The van der Waals surface area contributed by atoms with Crippen molar-refractivity contribution in [1.82, 2.24) is 0 Å². The van der Waals surface area contributed by atoms with Gasteiger partial charge in [-0.05, 0) is 31.6 Å². The first kappa shape index (κ1) is 14.5. The first-order chi connectivity index (χ1) is 8.07. The predicted molar refractivity (Wildman–Crippen MR) is 73.6 cm³/mol. The molecule has 17 heavy (non-hydrogen) atoms. The Hall–Kier alpha value is -0.530. The van der Waals surface area contributed by atoms with E-state index in [2.05, 4.69) is 32.9 Å². The van der Waals surface area contributed by atoms with Crippen LogP contribution >= 0.6 is 0 Å². The Labute approximate surface area is 106 Å². The zero-order valence-electron chi connectivity index (χ0n) is 12.0. The monoisotopic (exact) mass is 239 g/mol. The van der Waals surface area contributed by atoms with Gasteiger partial charge in [0.05, 0.1) is 5.71 Å². The minimum atomic E-state index is 0.226. The molecule has 0 aromatic rings. The molecular weight excluding hydrogens is 210 g/mol. The topological polar surface area (TPSA) is 32.6 Å². The quantitative estimate of drug-likeness (QED) is 0.366. The van der Waals surface area contributed by atoms with Gasteiger partial charge in [0.2, 0.25) is 0 Å². The summed E-state index contributed by atoms with van der Waals surface area (Å²) < 4.78 is 0. The normalized spacial score (nSPS) is 22.2. The minimum absolute atomic E-state index is 0.226. The Morgan fingerprint density at radius 3 is 2.29 bits per heavy atom. The van der Waals surface area contributed by atoms with Gasteiger partial charge in [-0.25, -0.2) is 0 Å². The van der Waals surface area contributed by atoms with Crippen LogP contribution in [-0.4, -0.2) is 10.9 Å². The molecule has 1 aliphatic carbocycles. The van der Waals surface area contributed by atoms with Crippen LogP contribution in [-0.2, 0) is 0 Å². The fraction of sp³-hybridized carbons (Fsp3) is 0.933. The second-order valence-corrected chi connectivity index (χ2v) is 6.12. The van der Waals surface area contributed by atoms with Gasteiger partial charge in [0.15, 0.2) is 0 Å². The molecule has 1 rings (SSSR count). The third kappa shape index (κ3) is 4.01. The van der Waals surface area contributed by atoms with Crippen molar-refractivity contribution in [3.63, 3.8) is 0 Å². The van der Waals surface area contributed by atoms with Crippen molar-refractivity contribution >= 4 is 5.71 Å². The summed E-state index contributed by atoms with van der Waals surface area (Å²) >= 11 is 0. The summed E-state index contributed by atoms with van der Waals surface area (Å²) in [5, 5.41) is 13.0. The van der Waals surface area contributed by atoms with Gasteiger partial charge in [-0.3, -0.25) is 0 Å². The number of hydrogen-bond acceptors (Lipinski definition) is 2. The second-order valence-electron chi connectivity index (χ2n) is 6.12. The Kier molecular flexibility index (Phi) is 5.48. The maximum Gasteiger partial charge on any atom is 0.0660 e. The highest BCUT2D eigenvalue weighted by Gasteiger charge is 2.45. The molecule has 2 atom stereocenters. The molecule has 0 radical (unpaired) electrons. The molecule has 1 fully saturated rings. The predicted octanol–water partition coefficient (Wildman–Crippen LogP) is 4.86.